The molecule has 138 valence electrons. The van der Waals surface area contributed by atoms with Gasteiger partial charge in [0.15, 0.2) is 0 Å². The van der Waals surface area contributed by atoms with E-state index in [-0.39, 0.29) is 27.4 Å². The molecule has 27 heavy (non-hydrogen) atoms. The molecule has 1 aliphatic rings. The van der Waals surface area contributed by atoms with Gasteiger partial charge in [-0.3, -0.25) is 9.97 Å². The highest BCUT2D eigenvalue weighted by Crippen LogP contribution is 2.49. The number of carboxylic acids is 3. The lowest BCUT2D eigenvalue weighted by molar-refractivity contribution is -0.131. The third-order valence-corrected chi connectivity index (χ3v) is 5.26. The van der Waals surface area contributed by atoms with Crippen LogP contribution in [0.25, 0.3) is 5.70 Å². The van der Waals surface area contributed by atoms with Gasteiger partial charge in [0, 0.05) is 19.4 Å². The Bertz CT molecular complexity index is 990. The minimum atomic E-state index is -1.19. The second-order valence-corrected chi connectivity index (χ2v) is 6.66. The molecular weight excluding hydrogens is 374 g/mol. The van der Waals surface area contributed by atoms with Gasteiger partial charge in [0.1, 0.15) is 10.3 Å². The van der Waals surface area contributed by atoms with Crippen molar-refractivity contribution >= 4 is 35.4 Å². The van der Waals surface area contributed by atoms with Crippen LogP contribution in [-0.2, 0) is 4.79 Å². The van der Waals surface area contributed by atoms with Crippen LogP contribution in [-0.4, -0.2) is 55.1 Å². The quantitative estimate of drug-likeness (QED) is 0.697. The van der Waals surface area contributed by atoms with E-state index in [0.29, 0.717) is 5.69 Å². The number of rotatable bonds is 5. The number of carbonyl (C=O) groups is 3. The number of carboxylic acid groups (broad SMARTS) is 3. The largest absolute Gasteiger partial charge is 0.478 e. The Kier molecular flexibility index (Phi) is 4.82. The van der Waals surface area contributed by atoms with Crippen LogP contribution in [0, 0.1) is 0 Å². The molecule has 0 bridgehead atoms. The highest BCUT2D eigenvalue weighted by atomic mass is 32.2. The summed E-state index contributed by atoms with van der Waals surface area (Å²) in [5, 5.41) is 27.3. The molecule has 0 spiro atoms. The minimum Gasteiger partial charge on any atom is -0.478 e. The van der Waals surface area contributed by atoms with E-state index in [2.05, 4.69) is 9.97 Å². The molecule has 0 saturated heterocycles. The van der Waals surface area contributed by atoms with E-state index >= 15 is 0 Å². The van der Waals surface area contributed by atoms with Crippen LogP contribution in [0.2, 0.25) is 0 Å². The van der Waals surface area contributed by atoms with Gasteiger partial charge in [-0.05, 0) is 24.3 Å². The molecule has 1 atom stereocenters. The molecule has 0 amide bonds. The summed E-state index contributed by atoms with van der Waals surface area (Å²) >= 11 is 0.981. The van der Waals surface area contributed by atoms with E-state index in [0.717, 1.165) is 11.8 Å². The second-order valence-electron chi connectivity index (χ2n) is 5.57. The predicted octanol–water partition coefficient (Wildman–Crippen LogP) is 2.00. The molecule has 3 rings (SSSR count). The number of aromatic nitrogens is 2. The van der Waals surface area contributed by atoms with Gasteiger partial charge in [-0.15, -0.1) is 0 Å². The molecule has 1 aliphatic heterocycles. The van der Waals surface area contributed by atoms with Crippen molar-refractivity contribution in [2.75, 3.05) is 7.05 Å². The van der Waals surface area contributed by atoms with Crippen molar-refractivity contribution in [3.63, 3.8) is 0 Å². The molecule has 0 radical (unpaired) electrons. The molecular formula is C17H13N3O6S. The molecule has 0 aromatic carbocycles. The Labute approximate surface area is 157 Å². The maximum Gasteiger partial charge on any atom is 0.344 e. The van der Waals surface area contributed by atoms with Crippen LogP contribution in [0.15, 0.2) is 41.6 Å². The van der Waals surface area contributed by atoms with Gasteiger partial charge in [-0.2, -0.15) is 0 Å². The van der Waals surface area contributed by atoms with Crippen molar-refractivity contribution in [3.05, 3.63) is 64.1 Å². The fraction of sp³-hybridized carbons (Fsp3) is 0.118. The van der Waals surface area contributed by atoms with Gasteiger partial charge >= 0.3 is 17.9 Å². The number of aliphatic carboxylic acids is 1. The van der Waals surface area contributed by atoms with E-state index in [4.69, 9.17) is 10.2 Å². The fourth-order valence-corrected chi connectivity index (χ4v) is 3.84. The lowest BCUT2D eigenvalue weighted by Crippen LogP contribution is -2.19. The molecule has 2 aromatic heterocycles. The highest BCUT2D eigenvalue weighted by Gasteiger charge is 2.37. The smallest absolute Gasteiger partial charge is 0.344 e. The maximum atomic E-state index is 11.7. The summed E-state index contributed by atoms with van der Waals surface area (Å²) in [4.78, 5) is 44.0. The first-order valence-corrected chi connectivity index (χ1v) is 8.43. The van der Waals surface area contributed by atoms with Gasteiger partial charge in [0.25, 0.3) is 0 Å². The Hall–Kier alpha value is -3.40. The monoisotopic (exact) mass is 387 g/mol. The molecule has 0 aliphatic carbocycles. The SMILES string of the molecule is CN1C(c2cc(C(=O)O)ccn2)=C(C(=O)O)SC1c1cc(C(=O)O)ccn1. The van der Waals surface area contributed by atoms with Gasteiger partial charge in [-0.1, -0.05) is 11.8 Å². The van der Waals surface area contributed by atoms with E-state index in [1.54, 1.807) is 11.9 Å². The lowest BCUT2D eigenvalue weighted by atomic mass is 10.1. The lowest BCUT2D eigenvalue weighted by Gasteiger charge is -2.23. The number of hydrogen-bond acceptors (Lipinski definition) is 7. The molecule has 0 fully saturated rings. The topological polar surface area (TPSA) is 141 Å². The summed E-state index contributed by atoms with van der Waals surface area (Å²) in [6.45, 7) is 0. The van der Waals surface area contributed by atoms with E-state index in [9.17, 15) is 19.5 Å². The van der Waals surface area contributed by atoms with Crippen molar-refractivity contribution in [1.29, 1.82) is 0 Å². The van der Waals surface area contributed by atoms with Crippen LogP contribution in [0.5, 0.6) is 0 Å². The number of aromatic carboxylic acids is 2. The predicted molar refractivity (Wildman–Crippen MR) is 95.0 cm³/mol. The first-order chi connectivity index (χ1) is 12.8. The Morgan fingerprint density at radius 2 is 1.56 bits per heavy atom. The summed E-state index contributed by atoms with van der Waals surface area (Å²) in [5.41, 5.74) is 0.809. The zero-order chi connectivity index (χ0) is 19.7. The first-order valence-electron chi connectivity index (χ1n) is 7.55. The molecule has 0 saturated carbocycles. The first kappa shape index (κ1) is 18.4. The van der Waals surface area contributed by atoms with Crippen LogP contribution < -0.4 is 0 Å². The normalized spacial score (nSPS) is 16.5. The maximum absolute atomic E-state index is 11.7. The summed E-state index contributed by atoms with van der Waals surface area (Å²) in [7, 11) is 1.62. The molecule has 1 unspecified atom stereocenters. The number of thioether (sulfide) groups is 1. The average molecular weight is 387 g/mol. The molecule has 3 N–H and O–H groups in total. The number of pyridine rings is 2. The van der Waals surface area contributed by atoms with E-state index in [1.807, 2.05) is 0 Å². The molecule has 10 heteroatoms. The van der Waals surface area contributed by atoms with Gasteiger partial charge in [-0.25, -0.2) is 14.4 Å². The minimum absolute atomic E-state index is 0.0231. The van der Waals surface area contributed by atoms with E-state index < -0.39 is 23.3 Å². The third kappa shape index (κ3) is 3.47. The van der Waals surface area contributed by atoms with Crippen LogP contribution in [0.4, 0.5) is 0 Å². The van der Waals surface area contributed by atoms with Gasteiger partial charge in [0.2, 0.25) is 0 Å². The average Bonchev–Trinajstić information content (AvgIpc) is 2.99. The zero-order valence-corrected chi connectivity index (χ0v) is 14.7. The summed E-state index contributed by atoms with van der Waals surface area (Å²) < 4.78 is 0. The third-order valence-electron chi connectivity index (χ3n) is 3.87. The highest BCUT2D eigenvalue weighted by molar-refractivity contribution is 8.04. The van der Waals surface area contributed by atoms with Crippen molar-refractivity contribution < 1.29 is 29.7 Å². The fourth-order valence-electron chi connectivity index (χ4n) is 2.64. The molecule has 2 aromatic rings. The molecule has 3 heterocycles. The number of nitrogens with zero attached hydrogens (tertiary/aromatic N) is 3. The zero-order valence-electron chi connectivity index (χ0n) is 13.9. The second kappa shape index (κ2) is 7.08. The van der Waals surface area contributed by atoms with Crippen LogP contribution in [0.1, 0.15) is 37.5 Å². The van der Waals surface area contributed by atoms with Crippen molar-refractivity contribution in [3.8, 4) is 0 Å². The standard InChI is InChI=1S/C17H13N3O6S/c1-20-12(10-6-8(15(21)22)2-4-18-10)13(17(25)26)27-14(20)11-7-9(16(23)24)3-5-19-11/h2-7,14H,1H3,(H,21,22)(H,23,24)(H,25,26). The molecule has 9 nitrogen and oxygen atoms in total. The van der Waals surface area contributed by atoms with E-state index in [1.165, 1.54) is 36.7 Å². The van der Waals surface area contributed by atoms with Crippen LogP contribution >= 0.6 is 11.8 Å². The number of hydrogen-bond donors (Lipinski definition) is 3. The van der Waals surface area contributed by atoms with Gasteiger partial charge < -0.3 is 20.2 Å². The summed E-state index contributed by atoms with van der Waals surface area (Å²) in [6, 6.07) is 5.32. The summed E-state index contributed by atoms with van der Waals surface area (Å²) in [6.07, 6.45) is 2.63. The Balaban J connectivity index is 2.05. The van der Waals surface area contributed by atoms with Gasteiger partial charge in [0.05, 0.1) is 28.2 Å². The van der Waals surface area contributed by atoms with Crippen LogP contribution in [0.3, 0.4) is 0 Å². The summed E-state index contributed by atoms with van der Waals surface area (Å²) in [5.74, 6) is -3.47. The van der Waals surface area contributed by atoms with Crippen molar-refractivity contribution in [2.45, 2.75) is 5.37 Å². The van der Waals surface area contributed by atoms with Crippen molar-refractivity contribution in [1.82, 2.24) is 14.9 Å². The Morgan fingerprint density at radius 3 is 2.15 bits per heavy atom. The Morgan fingerprint density at radius 1 is 0.963 bits per heavy atom. The van der Waals surface area contributed by atoms with Crippen molar-refractivity contribution in [2.24, 2.45) is 0 Å².